The predicted molar refractivity (Wildman–Crippen MR) is 164 cm³/mol. The van der Waals surface area contributed by atoms with Crippen molar-refractivity contribution in [3.05, 3.63) is 95.3 Å². The van der Waals surface area contributed by atoms with Crippen molar-refractivity contribution < 1.29 is 29.3 Å². The second-order valence-electron chi connectivity index (χ2n) is 11.2. The highest BCUT2D eigenvalue weighted by Crippen LogP contribution is 2.38. The van der Waals surface area contributed by atoms with Crippen molar-refractivity contribution in [1.29, 1.82) is 0 Å². The number of hydrogen-bond acceptors (Lipinski definition) is 7. The molecule has 1 fully saturated rings. The van der Waals surface area contributed by atoms with Crippen molar-refractivity contribution in [2.45, 2.75) is 76.5 Å². The lowest BCUT2D eigenvalue weighted by Crippen LogP contribution is -2.38. The van der Waals surface area contributed by atoms with Crippen molar-refractivity contribution in [2.24, 2.45) is 0 Å². The largest absolute Gasteiger partial charge is 0.481 e. The number of aliphatic hydroxyl groups is 1. The van der Waals surface area contributed by atoms with E-state index >= 15 is 0 Å². The summed E-state index contributed by atoms with van der Waals surface area (Å²) in [7, 11) is 2.09. The Bertz CT molecular complexity index is 1290. The van der Waals surface area contributed by atoms with E-state index in [-0.39, 0.29) is 31.1 Å². The van der Waals surface area contributed by atoms with Crippen molar-refractivity contribution in [1.82, 2.24) is 9.88 Å². The van der Waals surface area contributed by atoms with Crippen LogP contribution in [-0.2, 0) is 32.1 Å². The van der Waals surface area contributed by atoms with Crippen molar-refractivity contribution in [3.63, 3.8) is 0 Å². The van der Waals surface area contributed by atoms with Gasteiger partial charge in [0.1, 0.15) is 0 Å². The number of likely N-dealkylation sites (N-methyl/N-ethyl adjacent to an activating group) is 1. The second kappa shape index (κ2) is 16.9. The number of pyridine rings is 1. The molecule has 1 aliphatic heterocycles. The summed E-state index contributed by atoms with van der Waals surface area (Å²) in [6.07, 6.45) is 5.97. The number of anilines is 1. The summed E-state index contributed by atoms with van der Waals surface area (Å²) < 4.78 is 13.0. The zero-order chi connectivity index (χ0) is 30.4. The van der Waals surface area contributed by atoms with Gasteiger partial charge in [-0.2, -0.15) is 0 Å². The van der Waals surface area contributed by atoms with Crippen LogP contribution in [0.5, 0.6) is 0 Å². The summed E-state index contributed by atoms with van der Waals surface area (Å²) in [4.78, 5) is 29.9. The number of carbonyl (C=O) groups excluding carboxylic acids is 1. The van der Waals surface area contributed by atoms with Gasteiger partial charge in [-0.15, -0.1) is 0 Å². The molecule has 4 rings (SSSR count). The minimum atomic E-state index is -0.784. The molecule has 230 valence electrons. The maximum absolute atomic E-state index is 12.6. The van der Waals surface area contributed by atoms with Gasteiger partial charge in [0.15, 0.2) is 6.29 Å². The Morgan fingerprint density at radius 1 is 0.953 bits per heavy atom. The average molecular weight is 590 g/mol. The third-order valence-corrected chi connectivity index (χ3v) is 7.59. The third kappa shape index (κ3) is 10.9. The molecule has 0 unspecified atom stereocenters. The Balaban J connectivity index is 1.38. The number of benzene rings is 2. The lowest BCUT2D eigenvalue weighted by molar-refractivity contribution is -0.252. The molecule has 1 saturated heterocycles. The lowest BCUT2D eigenvalue weighted by Gasteiger charge is -2.38. The molecule has 0 bridgehead atoms. The first kappa shape index (κ1) is 32.3. The number of nitrogens with one attached hydrogen (secondary N) is 1. The van der Waals surface area contributed by atoms with Gasteiger partial charge in [0, 0.05) is 61.9 Å². The number of aliphatic carboxylic acids is 1. The van der Waals surface area contributed by atoms with Crippen LogP contribution in [0, 0.1) is 0 Å². The zero-order valence-electron chi connectivity index (χ0n) is 24.9. The maximum Gasteiger partial charge on any atom is 0.303 e. The second-order valence-corrected chi connectivity index (χ2v) is 11.2. The van der Waals surface area contributed by atoms with Crippen molar-refractivity contribution in [3.8, 4) is 0 Å². The monoisotopic (exact) mass is 589 g/mol. The molecule has 2 aromatic carbocycles. The van der Waals surface area contributed by atoms with E-state index in [1.165, 1.54) is 0 Å². The van der Waals surface area contributed by atoms with Crippen LogP contribution in [0.2, 0.25) is 0 Å². The minimum Gasteiger partial charge on any atom is -0.481 e. The van der Waals surface area contributed by atoms with Crippen LogP contribution in [0.15, 0.2) is 72.9 Å². The first-order valence-corrected chi connectivity index (χ1v) is 15.1. The first-order chi connectivity index (χ1) is 20.9. The first-order valence-electron chi connectivity index (χ1n) is 15.1. The van der Waals surface area contributed by atoms with Crippen LogP contribution in [0.4, 0.5) is 5.69 Å². The fourth-order valence-corrected chi connectivity index (χ4v) is 5.23. The molecule has 43 heavy (non-hydrogen) atoms. The van der Waals surface area contributed by atoms with Gasteiger partial charge in [-0.3, -0.25) is 14.6 Å². The van der Waals surface area contributed by atoms with E-state index in [0.717, 1.165) is 54.7 Å². The smallest absolute Gasteiger partial charge is 0.303 e. The zero-order valence-corrected chi connectivity index (χ0v) is 24.9. The summed E-state index contributed by atoms with van der Waals surface area (Å²) in [5.41, 5.74) is 4.43. The number of ether oxygens (including phenoxy) is 2. The Morgan fingerprint density at radius 3 is 2.47 bits per heavy atom. The molecule has 2 heterocycles. The fraction of sp³-hybridized carbons (Fsp3) is 0.441. The quantitative estimate of drug-likeness (QED) is 0.183. The van der Waals surface area contributed by atoms with Gasteiger partial charge >= 0.3 is 5.97 Å². The van der Waals surface area contributed by atoms with Gasteiger partial charge in [-0.1, -0.05) is 55.3 Å². The Morgan fingerprint density at radius 2 is 1.74 bits per heavy atom. The van der Waals surface area contributed by atoms with Gasteiger partial charge in [0.25, 0.3) is 0 Å². The lowest BCUT2D eigenvalue weighted by atomic mass is 9.99. The van der Waals surface area contributed by atoms with E-state index in [2.05, 4.69) is 22.2 Å². The number of nitrogens with zero attached hydrogens (tertiary/aromatic N) is 2. The van der Waals surface area contributed by atoms with E-state index in [1.54, 1.807) is 0 Å². The molecule has 1 aromatic heterocycles. The van der Waals surface area contributed by atoms with Crippen LogP contribution in [-0.4, -0.2) is 58.2 Å². The SMILES string of the molecule is CN(CCc1ccccn1)C[C@H]1C[C@@H](c2ccc(CO)cc2)O[C@@H](c2cccc(NC(=O)CCCCCCC(=O)O)c2)O1. The average Bonchev–Trinajstić information content (AvgIpc) is 3.02. The van der Waals surface area contributed by atoms with Crippen LogP contribution in [0.3, 0.4) is 0 Å². The van der Waals surface area contributed by atoms with Crippen molar-refractivity contribution >= 4 is 17.6 Å². The molecule has 0 aliphatic carbocycles. The topological polar surface area (TPSA) is 121 Å². The predicted octanol–water partition coefficient (Wildman–Crippen LogP) is 5.66. The number of unbranched alkanes of at least 4 members (excludes halogenated alkanes) is 3. The Hall–Kier alpha value is -3.63. The van der Waals surface area contributed by atoms with Gasteiger partial charge in [-0.25, -0.2) is 0 Å². The van der Waals surface area contributed by atoms with Gasteiger partial charge < -0.3 is 29.9 Å². The summed E-state index contributed by atoms with van der Waals surface area (Å²) in [6, 6.07) is 21.4. The molecule has 9 nitrogen and oxygen atoms in total. The summed E-state index contributed by atoms with van der Waals surface area (Å²) >= 11 is 0. The van der Waals surface area contributed by atoms with Crippen LogP contribution in [0.25, 0.3) is 0 Å². The molecule has 1 aliphatic rings. The Labute approximate surface area is 253 Å². The molecular weight excluding hydrogens is 546 g/mol. The van der Waals surface area contributed by atoms with E-state index in [4.69, 9.17) is 14.6 Å². The van der Waals surface area contributed by atoms with E-state index < -0.39 is 12.3 Å². The molecule has 1 amide bonds. The van der Waals surface area contributed by atoms with E-state index in [1.807, 2.05) is 72.9 Å². The summed E-state index contributed by atoms with van der Waals surface area (Å²) in [5.74, 6) is -0.858. The van der Waals surface area contributed by atoms with E-state index in [0.29, 0.717) is 31.4 Å². The van der Waals surface area contributed by atoms with Crippen LogP contribution >= 0.6 is 0 Å². The number of amides is 1. The Kier molecular flexibility index (Phi) is 12.7. The molecular formula is C34H43N3O6. The normalized spacial score (nSPS) is 18.4. The maximum atomic E-state index is 12.6. The molecule has 3 aromatic rings. The van der Waals surface area contributed by atoms with Crippen LogP contribution in [0.1, 0.15) is 79.7 Å². The highest BCUT2D eigenvalue weighted by molar-refractivity contribution is 5.90. The summed E-state index contributed by atoms with van der Waals surface area (Å²) in [6.45, 7) is 1.56. The number of aliphatic hydroxyl groups excluding tert-OH is 1. The van der Waals surface area contributed by atoms with Gasteiger partial charge in [0.2, 0.25) is 5.91 Å². The number of carboxylic acid groups (broad SMARTS) is 1. The van der Waals surface area contributed by atoms with Gasteiger partial charge in [-0.05, 0) is 55.3 Å². The number of hydrogen-bond donors (Lipinski definition) is 3. The standard InChI is InChI=1S/C34H43N3O6/c1-37(20-18-28-10-6-7-19-35-28)23-30-22-31(26-16-14-25(24-38)15-17-26)43-34(42-30)27-9-8-11-29(21-27)36-32(39)12-4-2-3-5-13-33(40)41/h6-11,14-17,19,21,30-31,34,38H,2-5,12-13,18,20,22-24H2,1H3,(H,36,39)(H,40,41)/t30-,31+,34+/m1/s1. The van der Waals surface area contributed by atoms with Gasteiger partial charge in [0.05, 0.1) is 18.8 Å². The number of aromatic nitrogens is 1. The van der Waals surface area contributed by atoms with Crippen molar-refractivity contribution in [2.75, 3.05) is 25.5 Å². The number of carboxylic acids is 1. The number of rotatable bonds is 16. The van der Waals surface area contributed by atoms with Crippen LogP contribution < -0.4 is 5.32 Å². The highest BCUT2D eigenvalue weighted by atomic mass is 16.7. The van der Waals surface area contributed by atoms with E-state index in [9.17, 15) is 14.7 Å². The molecule has 9 heteroatoms. The molecule has 0 spiro atoms. The fourth-order valence-electron chi connectivity index (χ4n) is 5.23. The number of carbonyl (C=O) groups is 2. The third-order valence-electron chi connectivity index (χ3n) is 7.59. The molecule has 0 saturated carbocycles. The minimum absolute atomic E-state index is 0.00946. The highest BCUT2D eigenvalue weighted by Gasteiger charge is 2.33. The molecule has 3 atom stereocenters. The summed E-state index contributed by atoms with van der Waals surface area (Å²) in [5, 5.41) is 21.2. The molecule has 3 N–H and O–H groups in total. The molecule has 0 radical (unpaired) electrons.